The van der Waals surface area contributed by atoms with Crippen LogP contribution < -0.4 is 5.59 Å². The van der Waals surface area contributed by atoms with Crippen LogP contribution >= 0.6 is 0 Å². The average Bonchev–Trinajstić information content (AvgIpc) is 2.84. The van der Waals surface area contributed by atoms with E-state index in [2.05, 4.69) is 64.2 Å². The van der Waals surface area contributed by atoms with Crippen LogP contribution in [0, 0.1) is 0 Å². The van der Waals surface area contributed by atoms with Crippen molar-refractivity contribution in [1.82, 2.24) is 4.98 Å². The van der Waals surface area contributed by atoms with Crippen LogP contribution in [0.15, 0.2) is 42.5 Å². The molecule has 2 saturated carbocycles. The van der Waals surface area contributed by atoms with Gasteiger partial charge in [-0.3, -0.25) is 4.98 Å². The number of pyridine rings is 1. The van der Waals surface area contributed by atoms with E-state index in [0.717, 1.165) is 17.4 Å². The Balaban J connectivity index is 1.65. The topological polar surface area (TPSA) is 12.9 Å². The van der Waals surface area contributed by atoms with Crippen molar-refractivity contribution in [2.24, 2.45) is 0 Å². The molecule has 2 aliphatic rings. The summed E-state index contributed by atoms with van der Waals surface area (Å²) >= 11 is 0. The molecule has 0 saturated heterocycles. The van der Waals surface area contributed by atoms with E-state index >= 15 is 0 Å². The first kappa shape index (κ1) is 21.7. The van der Waals surface area contributed by atoms with Crippen molar-refractivity contribution < 1.29 is 0 Å². The first-order chi connectivity index (χ1) is 15.6. The van der Waals surface area contributed by atoms with Crippen LogP contribution in [0.2, 0.25) is 0 Å². The summed E-state index contributed by atoms with van der Waals surface area (Å²) in [5, 5.41) is 2.64. The average molecular weight is 423 g/mol. The van der Waals surface area contributed by atoms with E-state index in [4.69, 9.17) is 4.98 Å². The number of fused-ring (bicyclic) bond motifs is 1. The van der Waals surface area contributed by atoms with Gasteiger partial charge in [-0.15, -0.1) is 0 Å². The van der Waals surface area contributed by atoms with Crippen LogP contribution in [-0.4, -0.2) is 12.8 Å². The predicted octanol–water partition coefficient (Wildman–Crippen LogP) is 7.38. The molecule has 5 rings (SSSR count). The van der Waals surface area contributed by atoms with Crippen LogP contribution in [-0.2, 0) is 0 Å². The Bertz CT molecular complexity index is 1050. The molecule has 0 spiro atoms. The standard InChI is InChI=1S/C30H38BN/c1-20(2)23-13-14-28-26(15-23)19-29(31)32-30(28)27-17-24(21-9-5-3-6-10-21)16-25(18-27)22-11-7-4-8-12-22/h13-22H,3-12,31H2,1-2H3. The molecule has 2 aliphatic carbocycles. The highest BCUT2D eigenvalue weighted by atomic mass is 14.7. The maximum atomic E-state index is 5.12. The van der Waals surface area contributed by atoms with Gasteiger partial charge in [-0.05, 0) is 89.3 Å². The Labute approximate surface area is 195 Å². The number of nitrogens with zero attached hydrogens (tertiary/aromatic N) is 1. The maximum absolute atomic E-state index is 5.12. The van der Waals surface area contributed by atoms with E-state index in [1.165, 1.54) is 91.8 Å². The van der Waals surface area contributed by atoms with Crippen LogP contribution in [0.25, 0.3) is 22.0 Å². The fourth-order valence-electron chi connectivity index (χ4n) is 6.15. The van der Waals surface area contributed by atoms with Crippen LogP contribution in [0.5, 0.6) is 0 Å². The Morgan fingerprint density at radius 1 is 0.750 bits per heavy atom. The fraction of sp³-hybridized carbons (Fsp3) is 0.500. The van der Waals surface area contributed by atoms with Crippen molar-refractivity contribution in [3.05, 3.63) is 59.2 Å². The molecule has 0 bridgehead atoms. The molecule has 0 aliphatic heterocycles. The minimum Gasteiger partial charge on any atom is -0.263 e. The monoisotopic (exact) mass is 423 g/mol. The second kappa shape index (κ2) is 9.42. The largest absolute Gasteiger partial charge is 0.263 e. The van der Waals surface area contributed by atoms with Crippen molar-refractivity contribution in [3.8, 4) is 11.3 Å². The molecule has 2 fully saturated rings. The van der Waals surface area contributed by atoms with E-state index in [-0.39, 0.29) is 0 Å². The molecule has 1 nitrogen and oxygen atoms in total. The summed E-state index contributed by atoms with van der Waals surface area (Å²) in [5.41, 5.74) is 8.23. The van der Waals surface area contributed by atoms with Gasteiger partial charge in [0.25, 0.3) is 0 Å². The van der Waals surface area contributed by atoms with Gasteiger partial charge in [-0.2, -0.15) is 0 Å². The molecular weight excluding hydrogens is 385 g/mol. The lowest BCUT2D eigenvalue weighted by Gasteiger charge is -2.27. The Kier molecular flexibility index (Phi) is 6.40. The number of rotatable bonds is 4. The summed E-state index contributed by atoms with van der Waals surface area (Å²) in [4.78, 5) is 5.12. The summed E-state index contributed by atoms with van der Waals surface area (Å²) in [7, 11) is 2.15. The van der Waals surface area contributed by atoms with Crippen LogP contribution in [0.3, 0.4) is 0 Å². The van der Waals surface area contributed by atoms with Gasteiger partial charge >= 0.3 is 0 Å². The fourth-order valence-corrected chi connectivity index (χ4v) is 6.15. The molecule has 1 aromatic heterocycles. The van der Waals surface area contributed by atoms with Gasteiger partial charge < -0.3 is 0 Å². The number of hydrogen-bond donors (Lipinski definition) is 0. The normalized spacial score (nSPS) is 18.5. The quantitative estimate of drug-likeness (QED) is 0.399. The Morgan fingerprint density at radius 2 is 1.34 bits per heavy atom. The number of aromatic nitrogens is 1. The first-order valence-corrected chi connectivity index (χ1v) is 13.1. The SMILES string of the molecule is Bc1cc2cc(C(C)C)ccc2c(-c2cc(C3CCCCC3)cc(C3CCCCC3)c2)n1. The van der Waals surface area contributed by atoms with Gasteiger partial charge in [-0.1, -0.05) is 76.6 Å². The van der Waals surface area contributed by atoms with Gasteiger partial charge in [-0.25, -0.2) is 0 Å². The predicted molar refractivity (Wildman–Crippen MR) is 141 cm³/mol. The van der Waals surface area contributed by atoms with Crippen molar-refractivity contribution in [2.45, 2.75) is 95.8 Å². The minimum atomic E-state index is 0.545. The Hall–Kier alpha value is -2.09. The minimum absolute atomic E-state index is 0.545. The molecule has 0 atom stereocenters. The molecule has 2 heteroatoms. The molecule has 0 N–H and O–H groups in total. The lowest BCUT2D eigenvalue weighted by molar-refractivity contribution is 0.435. The smallest absolute Gasteiger partial charge is 0.163 e. The molecule has 32 heavy (non-hydrogen) atoms. The molecule has 1 heterocycles. The van der Waals surface area contributed by atoms with E-state index in [0.29, 0.717) is 5.92 Å². The van der Waals surface area contributed by atoms with Gasteiger partial charge in [0.1, 0.15) is 0 Å². The summed E-state index contributed by atoms with van der Waals surface area (Å²) in [6.07, 6.45) is 13.8. The lowest BCUT2D eigenvalue weighted by Crippen LogP contribution is -2.11. The molecule has 3 aromatic rings. The lowest BCUT2D eigenvalue weighted by atomic mass is 9.78. The molecule has 0 amide bonds. The molecule has 0 unspecified atom stereocenters. The zero-order chi connectivity index (χ0) is 22.1. The summed E-state index contributed by atoms with van der Waals surface area (Å²) in [5.74, 6) is 2.01. The van der Waals surface area contributed by atoms with E-state index < -0.39 is 0 Å². The van der Waals surface area contributed by atoms with Crippen molar-refractivity contribution in [3.63, 3.8) is 0 Å². The van der Waals surface area contributed by atoms with Gasteiger partial charge in [0, 0.05) is 10.9 Å². The van der Waals surface area contributed by atoms with E-state index in [1.54, 1.807) is 11.1 Å². The van der Waals surface area contributed by atoms with Gasteiger partial charge in [0.2, 0.25) is 0 Å². The van der Waals surface area contributed by atoms with E-state index in [1.807, 2.05) is 0 Å². The van der Waals surface area contributed by atoms with E-state index in [9.17, 15) is 0 Å². The van der Waals surface area contributed by atoms with Crippen molar-refractivity contribution in [2.75, 3.05) is 0 Å². The second-order valence-electron chi connectivity index (χ2n) is 10.8. The number of hydrogen-bond acceptors (Lipinski definition) is 1. The zero-order valence-electron chi connectivity index (χ0n) is 20.3. The summed E-state index contributed by atoms with van der Waals surface area (Å²) in [6.45, 7) is 4.56. The Morgan fingerprint density at radius 3 is 1.91 bits per heavy atom. The first-order valence-electron chi connectivity index (χ1n) is 13.1. The van der Waals surface area contributed by atoms with Crippen molar-refractivity contribution >= 4 is 24.2 Å². The number of benzene rings is 2. The highest BCUT2D eigenvalue weighted by Crippen LogP contribution is 2.40. The highest BCUT2D eigenvalue weighted by molar-refractivity contribution is 6.32. The molecule has 166 valence electrons. The van der Waals surface area contributed by atoms with Gasteiger partial charge in [0.05, 0.1) is 5.69 Å². The second-order valence-corrected chi connectivity index (χ2v) is 10.8. The molecule has 2 aromatic carbocycles. The zero-order valence-corrected chi connectivity index (χ0v) is 20.3. The van der Waals surface area contributed by atoms with Gasteiger partial charge in [0.15, 0.2) is 7.85 Å². The summed E-state index contributed by atoms with van der Waals surface area (Å²) in [6, 6.07) is 16.9. The maximum Gasteiger partial charge on any atom is 0.163 e. The van der Waals surface area contributed by atoms with Crippen LogP contribution in [0.1, 0.15) is 112 Å². The third-order valence-electron chi connectivity index (χ3n) is 8.05. The third kappa shape index (κ3) is 4.52. The highest BCUT2D eigenvalue weighted by Gasteiger charge is 2.22. The molecule has 0 radical (unpaired) electrons. The summed E-state index contributed by atoms with van der Waals surface area (Å²) < 4.78 is 0. The van der Waals surface area contributed by atoms with Crippen molar-refractivity contribution in [1.29, 1.82) is 0 Å². The third-order valence-corrected chi connectivity index (χ3v) is 8.05. The molecular formula is C30H38BN. The van der Waals surface area contributed by atoms with Crippen LogP contribution in [0.4, 0.5) is 0 Å².